The van der Waals surface area contributed by atoms with Crippen molar-refractivity contribution in [1.82, 2.24) is 4.98 Å². The van der Waals surface area contributed by atoms with Crippen LogP contribution in [0.4, 0.5) is 0 Å². The summed E-state index contributed by atoms with van der Waals surface area (Å²) in [4.78, 5) is 16.0. The number of hydrogen-bond acceptors (Lipinski definition) is 4. The van der Waals surface area contributed by atoms with Gasteiger partial charge >= 0.3 is 5.97 Å². The van der Waals surface area contributed by atoms with Crippen molar-refractivity contribution in [3.8, 4) is 6.07 Å². The van der Waals surface area contributed by atoms with Crippen LogP contribution in [0.3, 0.4) is 0 Å². The van der Waals surface area contributed by atoms with Gasteiger partial charge in [0.05, 0.1) is 24.7 Å². The zero-order valence-electron chi connectivity index (χ0n) is 12.3. The number of fused-ring (bicyclic) bond motifs is 1. The smallest absolute Gasteiger partial charge is 0.306 e. The second kappa shape index (κ2) is 6.85. The highest BCUT2D eigenvalue weighted by Crippen LogP contribution is 2.21. The summed E-state index contributed by atoms with van der Waals surface area (Å²) < 4.78 is 5.16. The predicted octanol–water partition coefficient (Wildman–Crippen LogP) is 3.24. The second-order valence-electron chi connectivity index (χ2n) is 5.35. The number of nitrogens with zero attached hydrogens (tertiary/aromatic N) is 2. The summed E-state index contributed by atoms with van der Waals surface area (Å²) in [6.45, 7) is 4.45. The number of hydrogen-bond donors (Lipinski definition) is 0. The van der Waals surface area contributed by atoms with Crippen molar-refractivity contribution < 1.29 is 9.53 Å². The molecule has 1 aromatic carbocycles. The Bertz CT molecular complexity index is 687. The molecule has 0 N–H and O–H groups in total. The average molecular weight is 282 g/mol. The van der Waals surface area contributed by atoms with Crippen LogP contribution in [0.25, 0.3) is 10.8 Å². The molecule has 2 aromatic rings. The standard InChI is InChI=1S/C17H18N2O2/c1-12(2)11-21-17(20)7-6-16-15-5-3-4-13(10-18)14(15)8-9-19-16/h3-5,8-9,12H,6-7,11H2,1-2H3. The van der Waals surface area contributed by atoms with Crippen LogP contribution in [0, 0.1) is 17.2 Å². The molecule has 0 unspecified atom stereocenters. The van der Waals surface area contributed by atoms with E-state index in [2.05, 4.69) is 11.1 Å². The van der Waals surface area contributed by atoms with Crippen LogP contribution >= 0.6 is 0 Å². The number of carbonyl (C=O) groups is 1. The summed E-state index contributed by atoms with van der Waals surface area (Å²) in [5.74, 6) is 0.127. The first-order valence-corrected chi connectivity index (χ1v) is 7.04. The molecule has 0 bridgehead atoms. The minimum Gasteiger partial charge on any atom is -0.465 e. The lowest BCUT2D eigenvalue weighted by Crippen LogP contribution is -2.11. The van der Waals surface area contributed by atoms with Gasteiger partial charge in [0.2, 0.25) is 0 Å². The fourth-order valence-corrected chi connectivity index (χ4v) is 2.12. The molecule has 0 aliphatic rings. The van der Waals surface area contributed by atoms with Crippen molar-refractivity contribution in [3.63, 3.8) is 0 Å². The van der Waals surface area contributed by atoms with Crippen molar-refractivity contribution in [3.05, 3.63) is 41.7 Å². The molecule has 4 heteroatoms. The van der Waals surface area contributed by atoms with Crippen molar-refractivity contribution in [2.45, 2.75) is 26.7 Å². The largest absolute Gasteiger partial charge is 0.465 e. The number of ether oxygens (including phenoxy) is 1. The van der Waals surface area contributed by atoms with Gasteiger partial charge in [-0.25, -0.2) is 0 Å². The van der Waals surface area contributed by atoms with Gasteiger partial charge < -0.3 is 4.74 Å². The lowest BCUT2D eigenvalue weighted by atomic mass is 10.0. The van der Waals surface area contributed by atoms with E-state index in [0.717, 1.165) is 16.5 Å². The van der Waals surface area contributed by atoms with Crippen LogP contribution in [0.15, 0.2) is 30.5 Å². The first-order chi connectivity index (χ1) is 10.1. The normalized spacial score (nSPS) is 10.6. The molecule has 4 nitrogen and oxygen atoms in total. The number of carbonyl (C=O) groups excluding carboxylic acids is 1. The number of rotatable bonds is 5. The van der Waals surface area contributed by atoms with Gasteiger partial charge in [0.1, 0.15) is 0 Å². The molecule has 0 aliphatic carbocycles. The monoisotopic (exact) mass is 282 g/mol. The third kappa shape index (κ3) is 3.79. The molecule has 1 heterocycles. The van der Waals surface area contributed by atoms with Gasteiger partial charge in [-0.1, -0.05) is 26.0 Å². The molecule has 1 aromatic heterocycles. The summed E-state index contributed by atoms with van der Waals surface area (Å²) in [6, 6.07) is 9.55. The topological polar surface area (TPSA) is 63.0 Å². The van der Waals surface area contributed by atoms with Crippen molar-refractivity contribution in [2.75, 3.05) is 6.61 Å². The van der Waals surface area contributed by atoms with Gasteiger partial charge in [-0.15, -0.1) is 0 Å². The van der Waals surface area contributed by atoms with Gasteiger partial charge in [-0.2, -0.15) is 5.26 Å². The van der Waals surface area contributed by atoms with E-state index in [9.17, 15) is 4.79 Å². The van der Waals surface area contributed by atoms with E-state index in [1.165, 1.54) is 0 Å². The van der Waals surface area contributed by atoms with E-state index < -0.39 is 0 Å². The molecular formula is C17H18N2O2. The number of nitriles is 1. The third-order valence-electron chi connectivity index (χ3n) is 3.15. The molecule has 108 valence electrons. The number of esters is 1. The Balaban J connectivity index is 2.13. The lowest BCUT2D eigenvalue weighted by Gasteiger charge is -2.08. The molecule has 0 amide bonds. The van der Waals surface area contributed by atoms with Gasteiger partial charge in [0.15, 0.2) is 0 Å². The van der Waals surface area contributed by atoms with Crippen LogP contribution in [-0.2, 0) is 16.0 Å². The maximum Gasteiger partial charge on any atom is 0.306 e. The lowest BCUT2D eigenvalue weighted by molar-refractivity contribution is -0.144. The second-order valence-corrected chi connectivity index (χ2v) is 5.35. The van der Waals surface area contributed by atoms with Crippen LogP contribution < -0.4 is 0 Å². The minimum atomic E-state index is -0.209. The average Bonchev–Trinajstić information content (AvgIpc) is 2.50. The quantitative estimate of drug-likeness (QED) is 0.790. The molecule has 0 fully saturated rings. The zero-order chi connectivity index (χ0) is 15.2. The molecule has 0 saturated carbocycles. The van der Waals surface area contributed by atoms with Crippen LogP contribution in [-0.4, -0.2) is 17.6 Å². The molecule has 0 saturated heterocycles. The first kappa shape index (κ1) is 15.0. The van der Waals surface area contributed by atoms with Crippen molar-refractivity contribution in [2.24, 2.45) is 5.92 Å². The highest BCUT2D eigenvalue weighted by atomic mass is 16.5. The Kier molecular flexibility index (Phi) is 4.89. The van der Waals surface area contributed by atoms with E-state index >= 15 is 0 Å². The SMILES string of the molecule is CC(C)COC(=O)CCc1nccc2c(C#N)cccc12. The van der Waals surface area contributed by atoms with Crippen molar-refractivity contribution >= 4 is 16.7 Å². The Labute approximate surface area is 124 Å². The third-order valence-corrected chi connectivity index (χ3v) is 3.15. The fraction of sp³-hybridized carbons (Fsp3) is 0.353. The van der Waals surface area contributed by atoms with E-state index in [1.54, 1.807) is 12.3 Å². The summed E-state index contributed by atoms with van der Waals surface area (Å²) in [5.41, 5.74) is 1.45. The maximum atomic E-state index is 11.7. The summed E-state index contributed by atoms with van der Waals surface area (Å²) in [6.07, 6.45) is 2.50. The Morgan fingerprint density at radius 3 is 2.86 bits per heavy atom. The van der Waals surface area contributed by atoms with Gasteiger partial charge in [0, 0.05) is 29.1 Å². The molecule has 2 rings (SSSR count). The maximum absolute atomic E-state index is 11.7. The number of aromatic nitrogens is 1. The van der Waals surface area contributed by atoms with E-state index in [-0.39, 0.29) is 5.97 Å². The number of benzene rings is 1. The van der Waals surface area contributed by atoms with Gasteiger partial charge in [-0.3, -0.25) is 9.78 Å². The predicted molar refractivity (Wildman–Crippen MR) is 80.6 cm³/mol. The summed E-state index contributed by atoms with van der Waals surface area (Å²) in [5, 5.41) is 10.9. The Hall–Kier alpha value is -2.41. The van der Waals surface area contributed by atoms with E-state index in [0.29, 0.717) is 30.9 Å². The molecule has 0 aliphatic heterocycles. The van der Waals surface area contributed by atoms with Crippen LogP contribution in [0.2, 0.25) is 0 Å². The Morgan fingerprint density at radius 2 is 2.14 bits per heavy atom. The highest BCUT2D eigenvalue weighted by molar-refractivity contribution is 5.89. The van der Waals surface area contributed by atoms with E-state index in [1.807, 2.05) is 32.0 Å². The molecule has 0 atom stereocenters. The summed E-state index contributed by atoms with van der Waals surface area (Å²) in [7, 11) is 0. The van der Waals surface area contributed by atoms with Gasteiger partial charge in [0.25, 0.3) is 0 Å². The van der Waals surface area contributed by atoms with Crippen LogP contribution in [0.5, 0.6) is 0 Å². The van der Waals surface area contributed by atoms with E-state index in [4.69, 9.17) is 10.00 Å². The highest BCUT2D eigenvalue weighted by Gasteiger charge is 2.09. The molecule has 21 heavy (non-hydrogen) atoms. The zero-order valence-corrected chi connectivity index (χ0v) is 12.3. The number of pyridine rings is 1. The first-order valence-electron chi connectivity index (χ1n) is 7.04. The summed E-state index contributed by atoms with van der Waals surface area (Å²) >= 11 is 0. The molecule has 0 radical (unpaired) electrons. The van der Waals surface area contributed by atoms with Gasteiger partial charge in [-0.05, 0) is 18.1 Å². The minimum absolute atomic E-state index is 0.209. The van der Waals surface area contributed by atoms with Crippen LogP contribution in [0.1, 0.15) is 31.5 Å². The Morgan fingerprint density at radius 1 is 1.33 bits per heavy atom. The molecule has 0 spiro atoms. The number of aryl methyl sites for hydroxylation is 1. The fourth-order valence-electron chi connectivity index (χ4n) is 2.12. The molecular weight excluding hydrogens is 264 g/mol. The van der Waals surface area contributed by atoms with Crippen molar-refractivity contribution in [1.29, 1.82) is 5.26 Å².